The van der Waals surface area contributed by atoms with Crippen LogP contribution >= 0.6 is 0 Å². The lowest BCUT2D eigenvalue weighted by Gasteiger charge is -2.24. The fourth-order valence-corrected chi connectivity index (χ4v) is 3.89. The van der Waals surface area contributed by atoms with Gasteiger partial charge in [0, 0.05) is 37.8 Å². The van der Waals surface area contributed by atoms with E-state index in [1.54, 1.807) is 24.1 Å². The van der Waals surface area contributed by atoms with Gasteiger partial charge in [0.1, 0.15) is 5.82 Å². The Morgan fingerprint density at radius 1 is 1.26 bits per heavy atom. The molecule has 0 spiro atoms. The summed E-state index contributed by atoms with van der Waals surface area (Å²) in [6.45, 7) is 6.03. The first-order valence-electron chi connectivity index (χ1n) is 9.69. The monoisotopic (exact) mass is 450 g/mol. The van der Waals surface area contributed by atoms with E-state index in [4.69, 9.17) is 5.14 Å². The van der Waals surface area contributed by atoms with Crippen LogP contribution in [0.25, 0.3) is 5.57 Å². The molecule has 1 fully saturated rings. The minimum atomic E-state index is -3.94. The molecular formula is C21H24F2N4O3S. The topological polar surface area (TPSA) is 105 Å². The molecule has 1 aromatic heterocycles. The molecular weight excluding hydrogens is 426 g/mol. The lowest BCUT2D eigenvalue weighted by molar-refractivity contribution is -0.0102. The maximum absolute atomic E-state index is 13.8. The quantitative estimate of drug-likeness (QED) is 0.724. The van der Waals surface area contributed by atoms with Crippen LogP contribution in [0.4, 0.5) is 20.3 Å². The predicted octanol–water partition coefficient (Wildman–Crippen LogP) is 3.64. The van der Waals surface area contributed by atoms with Gasteiger partial charge in [-0.2, -0.15) is 0 Å². The number of carbonyl (C=O) groups excluding carboxylic acids is 1. The van der Waals surface area contributed by atoms with Gasteiger partial charge in [0.2, 0.25) is 15.9 Å². The molecule has 3 rings (SSSR count). The number of halogens is 2. The van der Waals surface area contributed by atoms with Crippen molar-refractivity contribution in [3.05, 3.63) is 54.2 Å². The Labute approximate surface area is 180 Å². The van der Waals surface area contributed by atoms with Gasteiger partial charge in [-0.25, -0.2) is 27.3 Å². The molecule has 2 heterocycles. The zero-order chi connectivity index (χ0) is 22.8. The summed E-state index contributed by atoms with van der Waals surface area (Å²) in [5.74, 6) is -3.00. The zero-order valence-electron chi connectivity index (χ0n) is 17.1. The van der Waals surface area contributed by atoms with Crippen LogP contribution in [0.1, 0.15) is 42.1 Å². The lowest BCUT2D eigenvalue weighted by atomic mass is 10.1. The number of pyridine rings is 1. The van der Waals surface area contributed by atoms with E-state index in [0.29, 0.717) is 23.5 Å². The van der Waals surface area contributed by atoms with Crippen LogP contribution in [0, 0.1) is 0 Å². The second-order valence-electron chi connectivity index (χ2n) is 7.60. The van der Waals surface area contributed by atoms with Crippen LogP contribution in [0.3, 0.4) is 0 Å². The van der Waals surface area contributed by atoms with Crippen molar-refractivity contribution in [1.29, 1.82) is 0 Å². The number of aromatic nitrogens is 1. The second kappa shape index (κ2) is 8.72. The Kier molecular flexibility index (Phi) is 6.42. The molecule has 1 aliphatic heterocycles. The van der Waals surface area contributed by atoms with E-state index in [1.807, 2.05) is 0 Å². The maximum Gasteiger partial charge on any atom is 0.259 e. The fourth-order valence-electron chi connectivity index (χ4n) is 3.33. The summed E-state index contributed by atoms with van der Waals surface area (Å²) in [6, 6.07) is 7.14. The minimum Gasteiger partial charge on any atom is -0.356 e. The number of nitrogens with one attached hydrogen (secondary N) is 1. The molecule has 1 saturated heterocycles. The van der Waals surface area contributed by atoms with E-state index in [-0.39, 0.29) is 42.0 Å². The normalized spacial score (nSPS) is 16.5. The number of allylic oxidation sites excluding steroid dienone is 1. The molecule has 31 heavy (non-hydrogen) atoms. The molecule has 3 N–H and O–H groups in total. The van der Waals surface area contributed by atoms with E-state index in [0.717, 1.165) is 0 Å². The average Bonchev–Trinajstić information content (AvgIpc) is 2.87. The Bertz CT molecular complexity index is 1120. The van der Waals surface area contributed by atoms with E-state index >= 15 is 0 Å². The summed E-state index contributed by atoms with van der Waals surface area (Å²) in [5, 5.41) is 7.80. The largest absolute Gasteiger partial charge is 0.356 e. The molecule has 0 radical (unpaired) electrons. The van der Waals surface area contributed by atoms with Crippen molar-refractivity contribution in [2.45, 2.75) is 37.0 Å². The van der Waals surface area contributed by atoms with Crippen molar-refractivity contribution >= 4 is 33.0 Å². The summed E-state index contributed by atoms with van der Waals surface area (Å²) >= 11 is 0. The number of hydrogen-bond donors (Lipinski definition) is 2. The number of amides is 1. The third-order valence-electron chi connectivity index (χ3n) is 5.04. The molecule has 7 nitrogen and oxygen atoms in total. The molecule has 1 amide bonds. The van der Waals surface area contributed by atoms with Crippen LogP contribution < -0.4 is 15.4 Å². The van der Waals surface area contributed by atoms with Crippen LogP contribution in [0.15, 0.2) is 48.0 Å². The lowest BCUT2D eigenvalue weighted by Crippen LogP contribution is -2.29. The van der Waals surface area contributed by atoms with Gasteiger partial charge in [0.05, 0.1) is 10.5 Å². The van der Waals surface area contributed by atoms with E-state index in [1.165, 1.54) is 24.3 Å². The number of hydrogen-bond acceptors (Lipinski definition) is 5. The number of anilines is 2. The minimum absolute atomic E-state index is 0.0631. The first-order chi connectivity index (χ1) is 14.5. The number of primary sulfonamides is 1. The standard InChI is InChI=1S/C21H24F2N4O3S/c1-14(2)15-11-18(19(25-13-15)27-9-4-7-21(22,23)8-10-27)20(28)26-16-5-3-6-17(12-16)31(24,29)30/h3,5-6,11-13H,1,4,7-10H2,2H3,(H,26,28)(H2,24,29,30). The summed E-state index contributed by atoms with van der Waals surface area (Å²) in [6.07, 6.45) is 1.29. The number of alkyl halides is 2. The van der Waals surface area contributed by atoms with Gasteiger partial charge in [0.25, 0.3) is 5.91 Å². The molecule has 0 saturated carbocycles. The molecule has 0 aliphatic carbocycles. The van der Waals surface area contributed by atoms with Crippen molar-refractivity contribution < 1.29 is 22.0 Å². The average molecular weight is 451 g/mol. The molecule has 10 heteroatoms. The fraction of sp³-hybridized carbons (Fsp3) is 0.333. The molecule has 1 aliphatic rings. The summed E-state index contributed by atoms with van der Waals surface area (Å²) in [7, 11) is -3.94. The summed E-state index contributed by atoms with van der Waals surface area (Å²) in [4.78, 5) is 19.0. The first-order valence-corrected chi connectivity index (χ1v) is 11.2. The maximum atomic E-state index is 13.8. The van der Waals surface area contributed by atoms with Gasteiger partial charge in [-0.3, -0.25) is 4.79 Å². The predicted molar refractivity (Wildman–Crippen MR) is 116 cm³/mol. The molecule has 0 bridgehead atoms. The van der Waals surface area contributed by atoms with E-state index in [2.05, 4.69) is 16.9 Å². The third-order valence-corrected chi connectivity index (χ3v) is 5.95. The Hall–Kier alpha value is -2.85. The summed E-state index contributed by atoms with van der Waals surface area (Å²) in [5.41, 5.74) is 1.73. The highest BCUT2D eigenvalue weighted by atomic mass is 32.2. The van der Waals surface area contributed by atoms with Crippen molar-refractivity contribution in [3.63, 3.8) is 0 Å². The van der Waals surface area contributed by atoms with Crippen LogP contribution in [0.5, 0.6) is 0 Å². The molecule has 1 aromatic carbocycles. The second-order valence-corrected chi connectivity index (χ2v) is 9.16. The van der Waals surface area contributed by atoms with E-state index in [9.17, 15) is 22.0 Å². The van der Waals surface area contributed by atoms with Gasteiger partial charge >= 0.3 is 0 Å². The Morgan fingerprint density at radius 2 is 2.00 bits per heavy atom. The van der Waals surface area contributed by atoms with E-state index < -0.39 is 21.9 Å². The van der Waals surface area contributed by atoms with Crippen molar-refractivity contribution in [2.75, 3.05) is 23.3 Å². The number of nitrogens with zero attached hydrogens (tertiary/aromatic N) is 2. The Balaban J connectivity index is 1.95. The number of rotatable bonds is 5. The van der Waals surface area contributed by atoms with Crippen molar-refractivity contribution in [1.82, 2.24) is 4.98 Å². The smallest absolute Gasteiger partial charge is 0.259 e. The zero-order valence-corrected chi connectivity index (χ0v) is 17.9. The van der Waals surface area contributed by atoms with Crippen molar-refractivity contribution in [3.8, 4) is 0 Å². The number of sulfonamides is 1. The highest BCUT2D eigenvalue weighted by Gasteiger charge is 2.33. The van der Waals surface area contributed by atoms with Crippen LogP contribution in [0.2, 0.25) is 0 Å². The molecule has 166 valence electrons. The highest BCUT2D eigenvalue weighted by molar-refractivity contribution is 7.89. The first kappa shape index (κ1) is 22.8. The van der Waals surface area contributed by atoms with Gasteiger partial charge < -0.3 is 10.2 Å². The van der Waals surface area contributed by atoms with Gasteiger partial charge in [-0.15, -0.1) is 0 Å². The van der Waals surface area contributed by atoms with Gasteiger partial charge in [-0.05, 0) is 48.7 Å². The number of benzene rings is 1. The third kappa shape index (κ3) is 5.65. The van der Waals surface area contributed by atoms with Crippen LogP contribution in [-0.2, 0) is 10.0 Å². The molecule has 2 aromatic rings. The number of carbonyl (C=O) groups is 1. The van der Waals surface area contributed by atoms with Crippen LogP contribution in [-0.4, -0.2) is 38.3 Å². The van der Waals surface area contributed by atoms with Crippen molar-refractivity contribution in [2.24, 2.45) is 5.14 Å². The molecule has 0 unspecified atom stereocenters. The SMILES string of the molecule is C=C(C)c1cnc(N2CCCC(F)(F)CC2)c(C(=O)Nc2cccc(S(N)(=O)=O)c2)c1. The molecule has 0 atom stereocenters. The number of nitrogens with two attached hydrogens (primary N) is 1. The van der Waals surface area contributed by atoms with Gasteiger partial charge in [-0.1, -0.05) is 12.6 Å². The van der Waals surface area contributed by atoms with Gasteiger partial charge in [0.15, 0.2) is 0 Å². The Morgan fingerprint density at radius 3 is 2.68 bits per heavy atom. The summed E-state index contributed by atoms with van der Waals surface area (Å²) < 4.78 is 50.8. The highest BCUT2D eigenvalue weighted by Crippen LogP contribution is 2.31.